The largest absolute Gasteiger partial charge is 1.00 e. The second-order valence-corrected chi connectivity index (χ2v) is 0.224. The fraction of sp³-hybridized carbons (Fsp3) is 0.500. The molecule has 2 heteroatoms. The van der Waals surface area contributed by atoms with Crippen molar-refractivity contribution in [3.05, 3.63) is 6.92 Å². The predicted octanol–water partition coefficient (Wildman–Crippen LogP) is -0.190. The standard InChI is InChI=1S/C2H5O.Cu/c1-2-3;/h3H,1-2H2;/q-1;+1. The van der Waals surface area contributed by atoms with Crippen LogP contribution >= 0.6 is 0 Å². The zero-order valence-corrected chi connectivity index (χ0v) is 3.10. The van der Waals surface area contributed by atoms with Gasteiger partial charge in [0, 0.05) is 0 Å². The molecule has 0 rings (SSSR count). The summed E-state index contributed by atoms with van der Waals surface area (Å²) in [4.78, 5) is 0. The SMILES string of the molecule is [CH2-]CO.[Cu+]. The predicted molar refractivity (Wildman–Crippen MR) is 12.4 cm³/mol. The molecule has 4 heavy (non-hydrogen) atoms. The molecule has 0 aromatic carbocycles. The van der Waals surface area contributed by atoms with Crippen molar-refractivity contribution in [1.82, 2.24) is 0 Å². The Morgan fingerprint density at radius 3 is 1.75 bits per heavy atom. The molecule has 0 atom stereocenters. The van der Waals surface area contributed by atoms with Crippen molar-refractivity contribution in [2.45, 2.75) is 0 Å². The smallest absolute Gasteiger partial charge is 0.428 e. The monoisotopic (exact) mass is 108 g/mol. The van der Waals surface area contributed by atoms with E-state index in [0.717, 1.165) is 0 Å². The maximum atomic E-state index is 7.46. The van der Waals surface area contributed by atoms with Gasteiger partial charge >= 0.3 is 17.1 Å². The summed E-state index contributed by atoms with van der Waals surface area (Å²) in [5.41, 5.74) is 0. The van der Waals surface area contributed by atoms with Gasteiger partial charge in [0.1, 0.15) is 0 Å². The van der Waals surface area contributed by atoms with Crippen LogP contribution in [0.4, 0.5) is 0 Å². The maximum Gasteiger partial charge on any atom is 1.00 e. The molecule has 0 spiro atoms. The number of hydrogen-bond donors (Lipinski definition) is 1. The molecule has 0 heterocycles. The molecule has 0 amide bonds. The third-order valence-electron chi connectivity index (χ3n) is 0. The Balaban J connectivity index is 0. The van der Waals surface area contributed by atoms with Crippen molar-refractivity contribution >= 4 is 0 Å². The third-order valence-corrected chi connectivity index (χ3v) is 0. The molecule has 0 radical (unpaired) electrons. The van der Waals surface area contributed by atoms with E-state index in [4.69, 9.17) is 5.11 Å². The molecule has 0 aliphatic rings. The van der Waals surface area contributed by atoms with Crippen LogP contribution < -0.4 is 0 Å². The van der Waals surface area contributed by atoms with E-state index in [-0.39, 0.29) is 23.7 Å². The van der Waals surface area contributed by atoms with Crippen molar-refractivity contribution in [1.29, 1.82) is 0 Å². The molecule has 1 nitrogen and oxygen atoms in total. The Morgan fingerprint density at radius 1 is 1.75 bits per heavy atom. The Hall–Kier alpha value is 0.479. The van der Waals surface area contributed by atoms with Crippen molar-refractivity contribution in [3.63, 3.8) is 0 Å². The molecular formula is C2H5CuO. The van der Waals surface area contributed by atoms with Crippen LogP contribution in [0.25, 0.3) is 0 Å². The number of rotatable bonds is 0. The zero-order chi connectivity index (χ0) is 2.71. The van der Waals surface area contributed by atoms with Crippen LogP contribution in [0.1, 0.15) is 0 Å². The first-order chi connectivity index (χ1) is 1.41. The summed E-state index contributed by atoms with van der Waals surface area (Å²) in [6, 6.07) is 0. The van der Waals surface area contributed by atoms with Crippen LogP contribution in [0.5, 0.6) is 0 Å². The first kappa shape index (κ1) is 8.82. The summed E-state index contributed by atoms with van der Waals surface area (Å²) < 4.78 is 0. The second kappa shape index (κ2) is 9.77. The van der Waals surface area contributed by atoms with Crippen LogP contribution in [0.15, 0.2) is 0 Å². The van der Waals surface area contributed by atoms with E-state index < -0.39 is 0 Å². The fourth-order valence-corrected chi connectivity index (χ4v) is 0. The van der Waals surface area contributed by atoms with Gasteiger partial charge in [-0.1, -0.05) is 6.61 Å². The van der Waals surface area contributed by atoms with Gasteiger partial charge in [-0.2, -0.15) is 0 Å². The molecule has 0 aromatic heterocycles. The minimum atomic E-state index is 0. The van der Waals surface area contributed by atoms with E-state index in [1.807, 2.05) is 0 Å². The van der Waals surface area contributed by atoms with Gasteiger partial charge in [0.05, 0.1) is 0 Å². The average molecular weight is 109 g/mol. The van der Waals surface area contributed by atoms with E-state index in [1.165, 1.54) is 0 Å². The van der Waals surface area contributed by atoms with Crippen molar-refractivity contribution in [2.75, 3.05) is 6.61 Å². The minimum Gasteiger partial charge on any atom is -0.428 e. The molecular weight excluding hydrogens is 104 g/mol. The molecule has 0 aromatic rings. The minimum absolute atomic E-state index is 0. The van der Waals surface area contributed by atoms with E-state index >= 15 is 0 Å². The van der Waals surface area contributed by atoms with Crippen LogP contribution in [0.3, 0.4) is 0 Å². The van der Waals surface area contributed by atoms with Crippen LogP contribution in [0, 0.1) is 6.92 Å². The summed E-state index contributed by atoms with van der Waals surface area (Å²) in [5, 5.41) is 7.46. The summed E-state index contributed by atoms with van der Waals surface area (Å²) in [6.07, 6.45) is 0. The zero-order valence-electron chi connectivity index (χ0n) is 2.16. The quantitative estimate of drug-likeness (QED) is 0.337. The molecule has 0 aliphatic heterocycles. The van der Waals surface area contributed by atoms with E-state index in [2.05, 4.69) is 6.92 Å². The molecule has 0 fully saturated rings. The van der Waals surface area contributed by atoms with Gasteiger partial charge < -0.3 is 12.0 Å². The second-order valence-electron chi connectivity index (χ2n) is 0.224. The molecule has 0 saturated heterocycles. The van der Waals surface area contributed by atoms with Gasteiger partial charge in [0.15, 0.2) is 0 Å². The normalized spacial score (nSPS) is 4.50. The Morgan fingerprint density at radius 2 is 1.75 bits per heavy atom. The summed E-state index contributed by atoms with van der Waals surface area (Å²) in [7, 11) is 0. The van der Waals surface area contributed by atoms with E-state index in [9.17, 15) is 0 Å². The van der Waals surface area contributed by atoms with Gasteiger partial charge in [-0.15, -0.1) is 0 Å². The number of aliphatic hydroxyl groups is 1. The molecule has 0 saturated carbocycles. The molecule has 1 N–H and O–H groups in total. The Bertz CT molecular complexity index is 6.00. The third kappa shape index (κ3) is 23.6. The topological polar surface area (TPSA) is 20.2 Å². The van der Waals surface area contributed by atoms with Gasteiger partial charge in [-0.3, -0.25) is 0 Å². The van der Waals surface area contributed by atoms with Crippen molar-refractivity contribution in [3.8, 4) is 0 Å². The number of aliphatic hydroxyl groups excluding tert-OH is 1. The first-order valence-electron chi connectivity index (χ1n) is 0.816. The summed E-state index contributed by atoms with van der Waals surface area (Å²) in [6.45, 7) is 3.04. The maximum absolute atomic E-state index is 7.46. The molecule has 0 unspecified atom stereocenters. The Labute approximate surface area is 36.5 Å². The number of hydrogen-bond acceptors (Lipinski definition) is 1. The van der Waals surface area contributed by atoms with Crippen LogP contribution in [-0.4, -0.2) is 11.7 Å². The summed E-state index contributed by atoms with van der Waals surface area (Å²) >= 11 is 0. The van der Waals surface area contributed by atoms with E-state index in [0.29, 0.717) is 0 Å². The average Bonchev–Trinajstić information content (AvgIpc) is 0.918. The van der Waals surface area contributed by atoms with Gasteiger partial charge in [-0.05, 0) is 0 Å². The van der Waals surface area contributed by atoms with Crippen molar-refractivity contribution in [2.24, 2.45) is 0 Å². The molecule has 0 aliphatic carbocycles. The molecule has 0 bridgehead atoms. The van der Waals surface area contributed by atoms with Crippen molar-refractivity contribution < 1.29 is 22.2 Å². The van der Waals surface area contributed by atoms with Gasteiger partial charge in [0.2, 0.25) is 0 Å². The summed E-state index contributed by atoms with van der Waals surface area (Å²) in [5.74, 6) is 0. The first-order valence-corrected chi connectivity index (χ1v) is 0.816. The van der Waals surface area contributed by atoms with Crippen LogP contribution in [-0.2, 0) is 17.1 Å². The van der Waals surface area contributed by atoms with E-state index in [1.54, 1.807) is 0 Å². The Kier molecular flexibility index (Phi) is 21.6. The van der Waals surface area contributed by atoms with Crippen LogP contribution in [0.2, 0.25) is 0 Å². The molecule has 30 valence electrons. The van der Waals surface area contributed by atoms with Gasteiger partial charge in [-0.25, -0.2) is 0 Å². The fourth-order valence-electron chi connectivity index (χ4n) is 0. The van der Waals surface area contributed by atoms with Gasteiger partial charge in [0.25, 0.3) is 0 Å².